The number of para-hydroxylation sites is 1. The first-order chi connectivity index (χ1) is 9.28. The van der Waals surface area contributed by atoms with Gasteiger partial charge in [0.25, 0.3) is 0 Å². The summed E-state index contributed by atoms with van der Waals surface area (Å²) in [5.41, 5.74) is 0.699. The van der Waals surface area contributed by atoms with Crippen LogP contribution in [-0.2, 0) is 6.54 Å². The van der Waals surface area contributed by atoms with Crippen molar-refractivity contribution in [2.75, 3.05) is 20.2 Å². The Morgan fingerprint density at radius 1 is 1.30 bits per heavy atom. The highest BCUT2D eigenvalue weighted by Crippen LogP contribution is 2.23. The zero-order chi connectivity index (χ0) is 15.2. The molecule has 1 rings (SSSR count). The van der Waals surface area contributed by atoms with Gasteiger partial charge in [0.1, 0.15) is 5.75 Å². The van der Waals surface area contributed by atoms with Gasteiger partial charge in [0.05, 0.1) is 6.10 Å². The van der Waals surface area contributed by atoms with Crippen LogP contribution in [0.25, 0.3) is 0 Å². The minimum atomic E-state index is -4.34. The van der Waals surface area contributed by atoms with E-state index >= 15 is 0 Å². The van der Waals surface area contributed by atoms with E-state index in [-0.39, 0.29) is 5.75 Å². The lowest BCUT2D eigenvalue weighted by atomic mass is 10.2. The number of rotatable bonds is 7. The molecule has 0 radical (unpaired) electrons. The molecule has 0 saturated heterocycles. The van der Waals surface area contributed by atoms with E-state index in [1.54, 1.807) is 25.1 Å². The standard InChI is InChI=1S/C14H20F3NO2/c1-11(19)7-8-18(2)9-12-5-3-4-6-13(12)20-10-14(15,16)17/h3-6,11,19H,7-10H2,1-2H3. The number of alkyl halides is 3. The van der Waals surface area contributed by atoms with Crippen LogP contribution in [0.4, 0.5) is 13.2 Å². The summed E-state index contributed by atoms with van der Waals surface area (Å²) < 4.78 is 41.4. The molecule has 1 unspecified atom stereocenters. The van der Waals surface area contributed by atoms with Crippen molar-refractivity contribution in [2.24, 2.45) is 0 Å². The van der Waals surface area contributed by atoms with Crippen molar-refractivity contribution >= 4 is 0 Å². The number of halogens is 3. The third-order valence-corrected chi connectivity index (χ3v) is 2.73. The normalized spacial score (nSPS) is 13.6. The molecular weight excluding hydrogens is 271 g/mol. The molecule has 0 aliphatic carbocycles. The average molecular weight is 291 g/mol. The lowest BCUT2D eigenvalue weighted by molar-refractivity contribution is -0.153. The van der Waals surface area contributed by atoms with E-state index in [2.05, 4.69) is 0 Å². The van der Waals surface area contributed by atoms with Gasteiger partial charge in [-0.2, -0.15) is 13.2 Å². The lowest BCUT2D eigenvalue weighted by Crippen LogP contribution is -2.23. The van der Waals surface area contributed by atoms with Crippen molar-refractivity contribution in [3.63, 3.8) is 0 Å². The highest BCUT2D eigenvalue weighted by molar-refractivity contribution is 5.33. The van der Waals surface area contributed by atoms with Gasteiger partial charge in [-0.15, -0.1) is 0 Å². The van der Waals surface area contributed by atoms with Gasteiger partial charge in [-0.3, -0.25) is 0 Å². The van der Waals surface area contributed by atoms with Crippen molar-refractivity contribution in [3.8, 4) is 5.75 Å². The second kappa shape index (κ2) is 7.50. The van der Waals surface area contributed by atoms with Crippen LogP contribution >= 0.6 is 0 Å². The Hall–Kier alpha value is -1.27. The van der Waals surface area contributed by atoms with Gasteiger partial charge >= 0.3 is 6.18 Å². The summed E-state index contributed by atoms with van der Waals surface area (Å²) in [6.07, 6.45) is -4.12. The van der Waals surface area contributed by atoms with Gasteiger partial charge in [0, 0.05) is 18.7 Å². The van der Waals surface area contributed by atoms with Crippen LogP contribution in [0.3, 0.4) is 0 Å². The van der Waals surface area contributed by atoms with E-state index in [1.165, 1.54) is 6.07 Å². The first-order valence-electron chi connectivity index (χ1n) is 6.42. The SMILES string of the molecule is CC(O)CCN(C)Cc1ccccc1OCC(F)(F)F. The van der Waals surface area contributed by atoms with E-state index in [9.17, 15) is 18.3 Å². The van der Waals surface area contributed by atoms with Gasteiger partial charge in [0.15, 0.2) is 6.61 Å². The third-order valence-electron chi connectivity index (χ3n) is 2.73. The molecule has 6 heteroatoms. The minimum absolute atomic E-state index is 0.244. The van der Waals surface area contributed by atoms with E-state index in [1.807, 2.05) is 11.9 Å². The Kier molecular flexibility index (Phi) is 6.29. The Labute approximate surface area is 117 Å². The monoisotopic (exact) mass is 291 g/mol. The van der Waals surface area contributed by atoms with E-state index in [0.29, 0.717) is 25.1 Å². The molecule has 1 aromatic rings. The topological polar surface area (TPSA) is 32.7 Å². The van der Waals surface area contributed by atoms with Crippen molar-refractivity contribution in [1.29, 1.82) is 0 Å². The second-order valence-electron chi connectivity index (χ2n) is 4.89. The van der Waals surface area contributed by atoms with E-state index < -0.39 is 18.9 Å². The molecule has 0 spiro atoms. The predicted molar refractivity (Wildman–Crippen MR) is 70.6 cm³/mol. The maximum absolute atomic E-state index is 12.2. The minimum Gasteiger partial charge on any atom is -0.484 e. The molecule has 0 aliphatic rings. The number of aliphatic hydroxyl groups excluding tert-OH is 1. The quantitative estimate of drug-likeness (QED) is 0.838. The van der Waals surface area contributed by atoms with Crippen LogP contribution in [0, 0.1) is 0 Å². The molecule has 114 valence electrons. The van der Waals surface area contributed by atoms with Crippen molar-refractivity contribution in [2.45, 2.75) is 32.2 Å². The van der Waals surface area contributed by atoms with Gasteiger partial charge in [0.2, 0.25) is 0 Å². The summed E-state index contributed by atoms with van der Waals surface area (Å²) in [7, 11) is 1.85. The molecule has 0 fully saturated rings. The number of ether oxygens (including phenoxy) is 1. The largest absolute Gasteiger partial charge is 0.484 e. The summed E-state index contributed by atoms with van der Waals surface area (Å²) in [5, 5.41) is 9.22. The fourth-order valence-corrected chi connectivity index (χ4v) is 1.71. The van der Waals surface area contributed by atoms with Crippen LogP contribution in [0.5, 0.6) is 5.75 Å². The van der Waals surface area contributed by atoms with Crippen LogP contribution in [-0.4, -0.2) is 42.5 Å². The summed E-state index contributed by atoms with van der Waals surface area (Å²) >= 11 is 0. The summed E-state index contributed by atoms with van der Waals surface area (Å²) in [6, 6.07) is 6.68. The number of benzene rings is 1. The third kappa shape index (κ3) is 6.77. The van der Waals surface area contributed by atoms with Crippen LogP contribution in [0.2, 0.25) is 0 Å². The predicted octanol–water partition coefficient (Wildman–Crippen LogP) is 2.83. The van der Waals surface area contributed by atoms with Gasteiger partial charge in [-0.05, 0) is 26.5 Å². The molecule has 1 aromatic carbocycles. The number of hydrogen-bond donors (Lipinski definition) is 1. The van der Waals surface area contributed by atoms with Crippen molar-refractivity contribution in [3.05, 3.63) is 29.8 Å². The molecule has 0 amide bonds. The Balaban J connectivity index is 2.60. The molecule has 20 heavy (non-hydrogen) atoms. The highest BCUT2D eigenvalue weighted by Gasteiger charge is 2.28. The summed E-state index contributed by atoms with van der Waals surface area (Å²) in [6.45, 7) is 1.54. The average Bonchev–Trinajstić information content (AvgIpc) is 2.34. The number of hydrogen-bond acceptors (Lipinski definition) is 3. The fraction of sp³-hybridized carbons (Fsp3) is 0.571. The molecule has 0 heterocycles. The zero-order valence-electron chi connectivity index (χ0n) is 11.7. The maximum Gasteiger partial charge on any atom is 0.422 e. The van der Waals surface area contributed by atoms with Crippen LogP contribution < -0.4 is 4.74 Å². The molecule has 1 N–H and O–H groups in total. The summed E-state index contributed by atoms with van der Waals surface area (Å²) in [4.78, 5) is 1.93. The van der Waals surface area contributed by atoms with E-state index in [4.69, 9.17) is 4.74 Å². The Morgan fingerprint density at radius 2 is 1.95 bits per heavy atom. The van der Waals surface area contributed by atoms with Crippen molar-refractivity contribution < 1.29 is 23.0 Å². The van der Waals surface area contributed by atoms with Gasteiger partial charge in [-0.25, -0.2) is 0 Å². The van der Waals surface area contributed by atoms with Gasteiger partial charge < -0.3 is 14.7 Å². The zero-order valence-corrected chi connectivity index (χ0v) is 11.7. The molecule has 0 saturated carbocycles. The lowest BCUT2D eigenvalue weighted by Gasteiger charge is -2.20. The number of aliphatic hydroxyl groups is 1. The molecule has 0 aliphatic heterocycles. The molecule has 0 aromatic heterocycles. The molecule has 0 bridgehead atoms. The van der Waals surface area contributed by atoms with Crippen LogP contribution in [0.15, 0.2) is 24.3 Å². The number of nitrogens with zero attached hydrogens (tertiary/aromatic N) is 1. The molecule has 3 nitrogen and oxygen atoms in total. The smallest absolute Gasteiger partial charge is 0.422 e. The fourth-order valence-electron chi connectivity index (χ4n) is 1.71. The van der Waals surface area contributed by atoms with E-state index in [0.717, 1.165) is 0 Å². The second-order valence-corrected chi connectivity index (χ2v) is 4.89. The van der Waals surface area contributed by atoms with Crippen molar-refractivity contribution in [1.82, 2.24) is 4.90 Å². The first kappa shape index (κ1) is 16.8. The van der Waals surface area contributed by atoms with Gasteiger partial charge in [-0.1, -0.05) is 18.2 Å². The molecule has 1 atom stereocenters. The highest BCUT2D eigenvalue weighted by atomic mass is 19.4. The Bertz CT molecular complexity index is 408. The Morgan fingerprint density at radius 3 is 2.55 bits per heavy atom. The first-order valence-corrected chi connectivity index (χ1v) is 6.42. The molecular formula is C14H20F3NO2. The van der Waals surface area contributed by atoms with Crippen LogP contribution in [0.1, 0.15) is 18.9 Å². The maximum atomic E-state index is 12.2. The summed E-state index contributed by atoms with van der Waals surface area (Å²) in [5.74, 6) is 0.244.